The van der Waals surface area contributed by atoms with Crippen molar-refractivity contribution in [2.75, 3.05) is 12.3 Å². The van der Waals surface area contributed by atoms with Crippen molar-refractivity contribution in [2.24, 2.45) is 0 Å². The highest BCUT2D eigenvalue weighted by atomic mass is 32.2. The number of aromatic nitrogens is 3. The van der Waals surface area contributed by atoms with E-state index in [-0.39, 0.29) is 17.6 Å². The fourth-order valence-corrected chi connectivity index (χ4v) is 2.27. The maximum Gasteiger partial charge on any atom is 0.344 e. The SMILES string of the molecule is CCNC(=O)CSc1n[nH]c(=O)n1C1CC1. The zero-order valence-corrected chi connectivity index (χ0v) is 9.84. The van der Waals surface area contributed by atoms with E-state index >= 15 is 0 Å². The second-order valence-electron chi connectivity index (χ2n) is 3.65. The number of amides is 1. The van der Waals surface area contributed by atoms with E-state index in [0.29, 0.717) is 17.5 Å². The lowest BCUT2D eigenvalue weighted by atomic mass is 10.6. The first-order chi connectivity index (χ1) is 7.72. The van der Waals surface area contributed by atoms with Crippen molar-refractivity contribution in [3.8, 4) is 0 Å². The number of rotatable bonds is 5. The Balaban J connectivity index is 1.99. The van der Waals surface area contributed by atoms with Gasteiger partial charge >= 0.3 is 5.69 Å². The van der Waals surface area contributed by atoms with Crippen LogP contribution in [0.5, 0.6) is 0 Å². The molecule has 7 heteroatoms. The summed E-state index contributed by atoms with van der Waals surface area (Å²) in [7, 11) is 0. The third-order valence-corrected chi connectivity index (χ3v) is 3.24. The lowest BCUT2D eigenvalue weighted by Crippen LogP contribution is -2.24. The molecule has 16 heavy (non-hydrogen) atoms. The van der Waals surface area contributed by atoms with Gasteiger partial charge in [0.15, 0.2) is 5.16 Å². The van der Waals surface area contributed by atoms with Gasteiger partial charge in [-0.25, -0.2) is 9.89 Å². The van der Waals surface area contributed by atoms with Gasteiger partial charge in [0.2, 0.25) is 5.91 Å². The Kier molecular flexibility index (Phi) is 3.33. The molecule has 0 aliphatic heterocycles. The summed E-state index contributed by atoms with van der Waals surface area (Å²) in [5.74, 6) is 0.260. The number of H-pyrrole nitrogens is 1. The van der Waals surface area contributed by atoms with Gasteiger partial charge in [0.05, 0.1) is 5.75 Å². The highest BCUT2D eigenvalue weighted by Crippen LogP contribution is 2.35. The summed E-state index contributed by atoms with van der Waals surface area (Å²) in [6.07, 6.45) is 2.04. The van der Waals surface area contributed by atoms with Crippen molar-refractivity contribution in [3.63, 3.8) is 0 Å². The summed E-state index contributed by atoms with van der Waals surface area (Å²) in [4.78, 5) is 22.7. The Hall–Kier alpha value is -1.24. The van der Waals surface area contributed by atoms with Gasteiger partial charge in [-0.05, 0) is 19.8 Å². The summed E-state index contributed by atoms with van der Waals surface area (Å²) >= 11 is 1.29. The molecule has 1 aromatic rings. The normalized spacial score (nSPS) is 15.1. The summed E-state index contributed by atoms with van der Waals surface area (Å²) in [6.45, 7) is 2.49. The zero-order valence-electron chi connectivity index (χ0n) is 9.02. The van der Waals surface area contributed by atoms with Gasteiger partial charge in [0.1, 0.15) is 0 Å². The quantitative estimate of drug-likeness (QED) is 0.719. The number of carbonyl (C=O) groups is 1. The van der Waals surface area contributed by atoms with Crippen LogP contribution in [0, 0.1) is 0 Å². The average Bonchev–Trinajstić information content (AvgIpc) is 3.01. The van der Waals surface area contributed by atoms with Crippen molar-refractivity contribution >= 4 is 17.7 Å². The maximum absolute atomic E-state index is 11.4. The minimum Gasteiger partial charge on any atom is -0.356 e. The fourth-order valence-electron chi connectivity index (χ4n) is 1.43. The molecule has 1 amide bonds. The van der Waals surface area contributed by atoms with Crippen molar-refractivity contribution in [1.29, 1.82) is 0 Å². The summed E-state index contributed by atoms with van der Waals surface area (Å²) in [5.41, 5.74) is -0.180. The number of hydrogen-bond acceptors (Lipinski definition) is 4. The van der Waals surface area contributed by atoms with E-state index in [0.717, 1.165) is 12.8 Å². The number of aromatic amines is 1. The fraction of sp³-hybridized carbons (Fsp3) is 0.667. The molecule has 1 aromatic heterocycles. The average molecular weight is 242 g/mol. The minimum atomic E-state index is -0.180. The van der Waals surface area contributed by atoms with Crippen molar-refractivity contribution in [3.05, 3.63) is 10.5 Å². The van der Waals surface area contributed by atoms with Crippen LogP contribution in [-0.4, -0.2) is 33.0 Å². The maximum atomic E-state index is 11.4. The van der Waals surface area contributed by atoms with E-state index in [1.165, 1.54) is 11.8 Å². The van der Waals surface area contributed by atoms with Gasteiger partial charge in [0.25, 0.3) is 0 Å². The van der Waals surface area contributed by atoms with Crippen molar-refractivity contribution < 1.29 is 4.79 Å². The van der Waals surface area contributed by atoms with Crippen LogP contribution in [0.4, 0.5) is 0 Å². The Bertz CT molecular complexity index is 435. The van der Waals surface area contributed by atoms with Crippen LogP contribution in [0.3, 0.4) is 0 Å². The number of nitrogens with zero attached hydrogens (tertiary/aromatic N) is 2. The first kappa shape index (κ1) is 11.3. The minimum absolute atomic E-state index is 0.0368. The Labute approximate surface area is 96.8 Å². The highest BCUT2D eigenvalue weighted by Gasteiger charge is 2.28. The van der Waals surface area contributed by atoms with Crippen LogP contribution in [0.2, 0.25) is 0 Å². The molecule has 0 radical (unpaired) electrons. The van der Waals surface area contributed by atoms with Crippen LogP contribution in [-0.2, 0) is 4.79 Å². The van der Waals surface area contributed by atoms with Gasteiger partial charge in [-0.3, -0.25) is 9.36 Å². The van der Waals surface area contributed by atoms with Crippen LogP contribution in [0.15, 0.2) is 9.95 Å². The van der Waals surface area contributed by atoms with Gasteiger partial charge in [-0.15, -0.1) is 5.10 Å². The molecule has 1 saturated carbocycles. The third kappa shape index (κ3) is 2.46. The molecule has 0 unspecified atom stereocenters. The topological polar surface area (TPSA) is 79.8 Å². The van der Waals surface area contributed by atoms with E-state index in [1.807, 2.05) is 6.92 Å². The molecule has 1 fully saturated rings. The molecule has 1 heterocycles. The number of hydrogen-bond donors (Lipinski definition) is 2. The summed E-state index contributed by atoms with van der Waals surface area (Å²) in [6, 6.07) is 0.281. The van der Waals surface area contributed by atoms with E-state index in [4.69, 9.17) is 0 Å². The van der Waals surface area contributed by atoms with Crippen LogP contribution in [0.1, 0.15) is 25.8 Å². The van der Waals surface area contributed by atoms with Crippen molar-refractivity contribution in [2.45, 2.75) is 31.0 Å². The Morgan fingerprint density at radius 3 is 3.06 bits per heavy atom. The molecule has 2 rings (SSSR count). The molecular formula is C9H14N4O2S. The monoisotopic (exact) mass is 242 g/mol. The standard InChI is InChI=1S/C9H14N4O2S/c1-2-10-7(14)5-16-9-12-11-8(15)13(9)6-3-4-6/h6H,2-5H2,1H3,(H,10,14)(H,11,15). The van der Waals surface area contributed by atoms with Crippen molar-refractivity contribution in [1.82, 2.24) is 20.1 Å². The van der Waals surface area contributed by atoms with Gasteiger partial charge in [0, 0.05) is 12.6 Å². The number of carbonyl (C=O) groups excluding carboxylic acids is 1. The summed E-state index contributed by atoms with van der Waals surface area (Å²) < 4.78 is 1.64. The molecule has 0 spiro atoms. The van der Waals surface area contributed by atoms with E-state index in [1.54, 1.807) is 4.57 Å². The molecule has 6 nitrogen and oxygen atoms in total. The second-order valence-corrected chi connectivity index (χ2v) is 4.60. The number of nitrogens with one attached hydrogen (secondary N) is 2. The van der Waals surface area contributed by atoms with E-state index in [2.05, 4.69) is 15.5 Å². The van der Waals surface area contributed by atoms with Crippen LogP contribution in [0.25, 0.3) is 0 Å². The number of thioether (sulfide) groups is 1. The molecule has 1 aliphatic carbocycles. The second kappa shape index (κ2) is 4.73. The van der Waals surface area contributed by atoms with E-state index in [9.17, 15) is 9.59 Å². The predicted molar refractivity (Wildman–Crippen MR) is 60.5 cm³/mol. The molecule has 1 aliphatic rings. The Morgan fingerprint density at radius 2 is 2.44 bits per heavy atom. The molecule has 0 aromatic carbocycles. The van der Waals surface area contributed by atoms with Gasteiger partial charge < -0.3 is 5.32 Å². The molecule has 0 bridgehead atoms. The smallest absolute Gasteiger partial charge is 0.344 e. The van der Waals surface area contributed by atoms with Crippen LogP contribution >= 0.6 is 11.8 Å². The third-order valence-electron chi connectivity index (χ3n) is 2.29. The molecule has 0 atom stereocenters. The van der Waals surface area contributed by atoms with E-state index < -0.39 is 0 Å². The lowest BCUT2D eigenvalue weighted by molar-refractivity contribution is -0.118. The zero-order chi connectivity index (χ0) is 11.5. The lowest BCUT2D eigenvalue weighted by Gasteiger charge is -2.03. The Morgan fingerprint density at radius 1 is 1.69 bits per heavy atom. The van der Waals surface area contributed by atoms with Gasteiger partial charge in [-0.1, -0.05) is 11.8 Å². The van der Waals surface area contributed by atoms with Gasteiger partial charge in [-0.2, -0.15) is 0 Å². The predicted octanol–water partition coefficient (Wildman–Crippen LogP) is 0.134. The molecule has 2 N–H and O–H groups in total. The largest absolute Gasteiger partial charge is 0.356 e. The molecule has 88 valence electrons. The van der Waals surface area contributed by atoms with Crippen LogP contribution < -0.4 is 11.0 Å². The highest BCUT2D eigenvalue weighted by molar-refractivity contribution is 7.99. The molecular weight excluding hydrogens is 228 g/mol. The first-order valence-electron chi connectivity index (χ1n) is 5.28. The summed E-state index contributed by atoms with van der Waals surface area (Å²) in [5, 5.41) is 9.65. The molecule has 0 saturated heterocycles. The first-order valence-corrected chi connectivity index (χ1v) is 6.27.